The normalized spacial score (nSPS) is 20.2. The fraction of sp³-hybridized carbons (Fsp3) is 0.417. The van der Waals surface area contributed by atoms with Crippen LogP contribution in [0, 0.1) is 7.11 Å². The summed E-state index contributed by atoms with van der Waals surface area (Å²) in [5.41, 5.74) is 0. The quantitative estimate of drug-likeness (QED) is 0.758. The van der Waals surface area contributed by atoms with Crippen molar-refractivity contribution in [2.75, 3.05) is 13.2 Å². The Morgan fingerprint density at radius 2 is 2.13 bits per heavy atom. The molecule has 2 rings (SSSR count). The van der Waals surface area contributed by atoms with Gasteiger partial charge in [0.2, 0.25) is 0 Å². The number of ether oxygens (including phenoxy) is 3. The third-order valence-electron chi connectivity index (χ3n) is 2.45. The Kier molecular flexibility index (Phi) is 3.45. The van der Waals surface area contributed by atoms with Gasteiger partial charge in [-0.3, -0.25) is 0 Å². The summed E-state index contributed by atoms with van der Waals surface area (Å²) < 4.78 is 16.0. The smallest absolute Gasteiger partial charge is 0.161 e. The average Bonchev–Trinajstić information content (AvgIpc) is 2.79. The summed E-state index contributed by atoms with van der Waals surface area (Å²) in [6.45, 7) is 1.43. The first-order valence-corrected chi connectivity index (χ1v) is 5.15. The van der Waals surface area contributed by atoms with Crippen LogP contribution >= 0.6 is 0 Å². The largest absolute Gasteiger partial charge is 0.487 e. The van der Waals surface area contributed by atoms with Crippen LogP contribution in [0.2, 0.25) is 0 Å². The van der Waals surface area contributed by atoms with Crippen LogP contribution in [0.4, 0.5) is 0 Å². The van der Waals surface area contributed by atoms with E-state index in [0.29, 0.717) is 12.4 Å². The van der Waals surface area contributed by atoms with Gasteiger partial charge in [0.15, 0.2) is 11.5 Å². The van der Waals surface area contributed by atoms with Gasteiger partial charge in [0.1, 0.15) is 13.7 Å². The fourth-order valence-electron chi connectivity index (χ4n) is 1.65. The second kappa shape index (κ2) is 5.03. The lowest BCUT2D eigenvalue weighted by Crippen LogP contribution is -2.16. The monoisotopic (exact) mass is 207 g/mol. The molecule has 1 aromatic rings. The first kappa shape index (κ1) is 10.3. The molecule has 3 nitrogen and oxygen atoms in total. The topological polar surface area (TPSA) is 27.7 Å². The average molecular weight is 207 g/mol. The first-order valence-electron chi connectivity index (χ1n) is 5.15. The SMILES string of the molecule is [CH2]Oc1ccccc1OCC1CCCO1. The highest BCUT2D eigenvalue weighted by atomic mass is 16.5. The Balaban J connectivity index is 1.91. The molecule has 3 heteroatoms. The molecule has 1 unspecified atom stereocenters. The van der Waals surface area contributed by atoms with Crippen molar-refractivity contribution in [3.63, 3.8) is 0 Å². The van der Waals surface area contributed by atoms with E-state index in [1.807, 2.05) is 24.3 Å². The lowest BCUT2D eigenvalue weighted by atomic mass is 10.2. The van der Waals surface area contributed by atoms with E-state index >= 15 is 0 Å². The molecule has 0 spiro atoms. The molecule has 0 bridgehead atoms. The van der Waals surface area contributed by atoms with Gasteiger partial charge in [-0.1, -0.05) is 12.1 Å². The first-order chi connectivity index (χ1) is 7.40. The van der Waals surface area contributed by atoms with Crippen LogP contribution in [0.1, 0.15) is 12.8 Å². The fourth-order valence-corrected chi connectivity index (χ4v) is 1.65. The van der Waals surface area contributed by atoms with Crippen LogP contribution in [0.25, 0.3) is 0 Å². The molecule has 1 radical (unpaired) electrons. The van der Waals surface area contributed by atoms with Gasteiger partial charge in [-0.05, 0) is 25.0 Å². The summed E-state index contributed by atoms with van der Waals surface area (Å²) in [5.74, 6) is 1.39. The van der Waals surface area contributed by atoms with E-state index in [1.165, 1.54) is 0 Å². The molecule has 1 saturated heterocycles. The van der Waals surface area contributed by atoms with Crippen molar-refractivity contribution in [3.05, 3.63) is 31.4 Å². The van der Waals surface area contributed by atoms with Crippen molar-refractivity contribution in [1.29, 1.82) is 0 Å². The van der Waals surface area contributed by atoms with E-state index in [0.717, 1.165) is 25.2 Å². The van der Waals surface area contributed by atoms with E-state index in [2.05, 4.69) is 7.11 Å². The maximum atomic E-state index is 5.62. The summed E-state index contributed by atoms with van der Waals surface area (Å²) in [7, 11) is 3.39. The minimum absolute atomic E-state index is 0.225. The van der Waals surface area contributed by atoms with Crippen molar-refractivity contribution in [1.82, 2.24) is 0 Å². The second-order valence-corrected chi connectivity index (χ2v) is 3.54. The number of hydrogen-bond donors (Lipinski definition) is 0. The highest BCUT2D eigenvalue weighted by Crippen LogP contribution is 2.26. The minimum Gasteiger partial charge on any atom is -0.487 e. The Labute approximate surface area is 90.0 Å². The predicted octanol–water partition coefficient (Wildman–Crippen LogP) is 2.41. The van der Waals surface area contributed by atoms with E-state index in [9.17, 15) is 0 Å². The van der Waals surface area contributed by atoms with Crippen molar-refractivity contribution in [2.24, 2.45) is 0 Å². The zero-order valence-electron chi connectivity index (χ0n) is 8.65. The van der Waals surface area contributed by atoms with Gasteiger partial charge in [-0.25, -0.2) is 0 Å². The molecule has 1 fully saturated rings. The molecular formula is C12H15O3. The maximum Gasteiger partial charge on any atom is 0.161 e. The highest BCUT2D eigenvalue weighted by molar-refractivity contribution is 5.39. The Morgan fingerprint density at radius 1 is 1.33 bits per heavy atom. The summed E-state index contributed by atoms with van der Waals surface area (Å²) >= 11 is 0. The second-order valence-electron chi connectivity index (χ2n) is 3.54. The molecule has 1 aromatic carbocycles. The van der Waals surface area contributed by atoms with Crippen molar-refractivity contribution in [2.45, 2.75) is 18.9 Å². The van der Waals surface area contributed by atoms with Gasteiger partial charge in [0.05, 0.1) is 6.10 Å². The molecular weight excluding hydrogens is 192 g/mol. The Hall–Kier alpha value is -1.22. The molecule has 0 aliphatic carbocycles. The van der Waals surface area contributed by atoms with Gasteiger partial charge in [-0.2, -0.15) is 0 Å². The molecule has 0 amide bonds. The molecule has 1 aliphatic rings. The zero-order chi connectivity index (χ0) is 10.5. The predicted molar refractivity (Wildman–Crippen MR) is 56.9 cm³/mol. The van der Waals surface area contributed by atoms with Crippen LogP contribution in [0.3, 0.4) is 0 Å². The van der Waals surface area contributed by atoms with Crippen LogP contribution in [0.5, 0.6) is 11.5 Å². The van der Waals surface area contributed by atoms with Gasteiger partial charge in [-0.15, -0.1) is 0 Å². The van der Waals surface area contributed by atoms with E-state index < -0.39 is 0 Å². The Morgan fingerprint density at radius 3 is 2.80 bits per heavy atom. The third-order valence-corrected chi connectivity index (χ3v) is 2.45. The van der Waals surface area contributed by atoms with Crippen molar-refractivity contribution >= 4 is 0 Å². The Bertz CT molecular complexity index is 305. The number of benzene rings is 1. The van der Waals surface area contributed by atoms with Crippen LogP contribution in [0.15, 0.2) is 24.3 Å². The molecule has 15 heavy (non-hydrogen) atoms. The lowest BCUT2D eigenvalue weighted by Gasteiger charge is -2.13. The van der Waals surface area contributed by atoms with Gasteiger partial charge >= 0.3 is 0 Å². The van der Waals surface area contributed by atoms with E-state index in [1.54, 1.807) is 0 Å². The van der Waals surface area contributed by atoms with Crippen LogP contribution in [-0.4, -0.2) is 19.3 Å². The summed E-state index contributed by atoms with van der Waals surface area (Å²) in [5, 5.41) is 0. The summed E-state index contributed by atoms with van der Waals surface area (Å²) in [6.07, 6.45) is 2.43. The number of hydrogen-bond acceptors (Lipinski definition) is 3. The lowest BCUT2D eigenvalue weighted by molar-refractivity contribution is 0.0671. The van der Waals surface area contributed by atoms with Gasteiger partial charge in [0, 0.05) is 6.61 Å². The number of para-hydroxylation sites is 2. The van der Waals surface area contributed by atoms with E-state index in [4.69, 9.17) is 14.2 Å². The minimum atomic E-state index is 0.225. The van der Waals surface area contributed by atoms with Crippen LogP contribution < -0.4 is 9.47 Å². The van der Waals surface area contributed by atoms with Crippen molar-refractivity contribution in [3.8, 4) is 11.5 Å². The third kappa shape index (κ3) is 2.63. The highest BCUT2D eigenvalue weighted by Gasteiger charge is 2.16. The molecule has 1 atom stereocenters. The maximum absolute atomic E-state index is 5.62. The van der Waals surface area contributed by atoms with Gasteiger partial charge < -0.3 is 14.2 Å². The summed E-state index contributed by atoms with van der Waals surface area (Å²) in [4.78, 5) is 0. The molecule has 1 aliphatic heterocycles. The van der Waals surface area contributed by atoms with Crippen LogP contribution in [-0.2, 0) is 4.74 Å². The van der Waals surface area contributed by atoms with Crippen molar-refractivity contribution < 1.29 is 14.2 Å². The zero-order valence-corrected chi connectivity index (χ0v) is 8.65. The summed E-state index contributed by atoms with van der Waals surface area (Å²) in [6, 6.07) is 7.50. The van der Waals surface area contributed by atoms with E-state index in [-0.39, 0.29) is 6.10 Å². The number of rotatable bonds is 4. The molecule has 0 N–H and O–H groups in total. The molecule has 81 valence electrons. The molecule has 1 heterocycles. The standard InChI is InChI=1S/C12H15O3/c1-13-11-6-2-3-7-12(11)15-9-10-5-4-8-14-10/h2-3,6-7,10H,1,4-5,8-9H2. The molecule has 0 aromatic heterocycles. The molecule has 0 saturated carbocycles. The van der Waals surface area contributed by atoms with Gasteiger partial charge in [0.25, 0.3) is 0 Å².